The Balaban J connectivity index is 1.36. The fourth-order valence-electron chi connectivity index (χ4n) is 4.38. The van der Waals surface area contributed by atoms with E-state index in [1.807, 2.05) is 11.0 Å². The highest BCUT2D eigenvalue weighted by Gasteiger charge is 2.36. The van der Waals surface area contributed by atoms with Crippen LogP contribution in [0.25, 0.3) is 10.8 Å². The van der Waals surface area contributed by atoms with E-state index in [4.69, 9.17) is 5.26 Å². The molecule has 3 heterocycles. The summed E-state index contributed by atoms with van der Waals surface area (Å²) in [7, 11) is 0. The molecule has 0 aliphatic carbocycles. The highest BCUT2D eigenvalue weighted by Crippen LogP contribution is 2.32. The number of aromatic nitrogens is 1. The molecule has 31 heavy (non-hydrogen) atoms. The number of alkyl halides is 1. The number of nitro groups is 1. The summed E-state index contributed by atoms with van der Waals surface area (Å²) >= 11 is 0. The molecule has 1 aromatic heterocycles. The average molecular weight is 426 g/mol. The van der Waals surface area contributed by atoms with Crippen molar-refractivity contribution in [2.75, 3.05) is 31.5 Å². The molecule has 0 bridgehead atoms. The summed E-state index contributed by atoms with van der Waals surface area (Å²) in [5.74, 6) is -0.202. The standard InChI is InChI=1S/C21H23FN6O3/c22-14-9-16(10-23)27(12-14)21(29)13-26-7-4-15(5-8-26)25-19-1-2-20(28(30)31)18-11-24-6-3-17(18)19/h1-3,6,11,14-16,25H,4-5,7-9,12-13H2/t14-,16-/m0/s1. The number of hydrogen-bond acceptors (Lipinski definition) is 7. The van der Waals surface area contributed by atoms with Gasteiger partial charge in [0.1, 0.15) is 12.2 Å². The third kappa shape index (κ3) is 4.41. The number of nitro benzene ring substituents is 1. The van der Waals surface area contributed by atoms with E-state index in [-0.39, 0.29) is 37.1 Å². The Morgan fingerprint density at radius 3 is 2.81 bits per heavy atom. The van der Waals surface area contributed by atoms with E-state index >= 15 is 0 Å². The second-order valence-corrected chi connectivity index (χ2v) is 8.03. The SMILES string of the molecule is N#C[C@@H]1C[C@H](F)CN1C(=O)CN1CCC(Nc2ccc([N+](=O)[O-])c3cnccc23)CC1. The number of benzene rings is 1. The topological polar surface area (TPSA) is 115 Å². The molecule has 10 heteroatoms. The zero-order chi connectivity index (χ0) is 22.0. The third-order valence-electron chi connectivity index (χ3n) is 6.02. The lowest BCUT2D eigenvalue weighted by atomic mass is 10.0. The molecule has 1 amide bonds. The van der Waals surface area contributed by atoms with Crippen LogP contribution in [0, 0.1) is 21.4 Å². The van der Waals surface area contributed by atoms with Crippen LogP contribution in [-0.4, -0.2) is 70.0 Å². The zero-order valence-electron chi connectivity index (χ0n) is 16.9. The maximum absolute atomic E-state index is 13.6. The summed E-state index contributed by atoms with van der Waals surface area (Å²) in [6.07, 6.45) is 3.67. The molecule has 0 spiro atoms. The van der Waals surface area contributed by atoms with Crippen molar-refractivity contribution in [3.8, 4) is 6.07 Å². The summed E-state index contributed by atoms with van der Waals surface area (Å²) in [6.45, 7) is 1.57. The average Bonchev–Trinajstić information content (AvgIpc) is 3.16. The van der Waals surface area contributed by atoms with Crippen LogP contribution >= 0.6 is 0 Å². The van der Waals surface area contributed by atoms with Gasteiger partial charge in [-0.05, 0) is 25.0 Å². The number of rotatable bonds is 5. The molecule has 2 saturated heterocycles. The van der Waals surface area contributed by atoms with Crippen molar-refractivity contribution in [1.29, 1.82) is 5.26 Å². The first-order valence-electron chi connectivity index (χ1n) is 10.3. The predicted octanol–water partition coefficient (Wildman–Crippen LogP) is 2.48. The molecule has 1 aromatic carbocycles. The number of piperidine rings is 1. The van der Waals surface area contributed by atoms with Crippen molar-refractivity contribution in [1.82, 2.24) is 14.8 Å². The summed E-state index contributed by atoms with van der Waals surface area (Å²) in [6, 6.07) is 6.47. The van der Waals surface area contributed by atoms with Gasteiger partial charge in [0.15, 0.2) is 0 Å². The van der Waals surface area contributed by atoms with Gasteiger partial charge in [0.05, 0.1) is 29.5 Å². The third-order valence-corrected chi connectivity index (χ3v) is 6.02. The van der Waals surface area contributed by atoms with Gasteiger partial charge in [-0.15, -0.1) is 0 Å². The van der Waals surface area contributed by atoms with Crippen molar-refractivity contribution in [2.45, 2.75) is 37.5 Å². The van der Waals surface area contributed by atoms with E-state index in [0.29, 0.717) is 18.5 Å². The van der Waals surface area contributed by atoms with Crippen LogP contribution in [0.2, 0.25) is 0 Å². The molecule has 2 aliphatic rings. The van der Waals surface area contributed by atoms with Gasteiger partial charge in [0, 0.05) is 55.1 Å². The first-order valence-corrected chi connectivity index (χ1v) is 10.3. The van der Waals surface area contributed by atoms with E-state index in [1.165, 1.54) is 17.2 Å². The molecule has 4 rings (SSSR count). The van der Waals surface area contributed by atoms with E-state index < -0.39 is 17.1 Å². The van der Waals surface area contributed by atoms with Crippen molar-refractivity contribution < 1.29 is 14.1 Å². The van der Waals surface area contributed by atoms with E-state index in [2.05, 4.69) is 10.3 Å². The van der Waals surface area contributed by atoms with Crippen molar-refractivity contribution in [2.24, 2.45) is 0 Å². The molecule has 162 valence electrons. The minimum atomic E-state index is -1.13. The van der Waals surface area contributed by atoms with Gasteiger partial charge in [-0.3, -0.25) is 24.8 Å². The number of amides is 1. The number of anilines is 1. The van der Waals surface area contributed by atoms with Crippen molar-refractivity contribution in [3.05, 3.63) is 40.7 Å². The zero-order valence-corrected chi connectivity index (χ0v) is 16.9. The Labute approximate surface area is 178 Å². The summed E-state index contributed by atoms with van der Waals surface area (Å²) in [5.41, 5.74) is 0.843. The van der Waals surface area contributed by atoms with E-state index in [0.717, 1.165) is 23.9 Å². The molecule has 2 aliphatic heterocycles. The minimum Gasteiger partial charge on any atom is -0.382 e. The van der Waals surface area contributed by atoms with Crippen LogP contribution in [0.5, 0.6) is 0 Å². The first-order chi connectivity index (χ1) is 15.0. The second kappa shape index (κ2) is 8.81. The Bertz CT molecular complexity index is 1030. The molecule has 2 atom stereocenters. The lowest BCUT2D eigenvalue weighted by Crippen LogP contribution is -2.46. The Morgan fingerprint density at radius 2 is 2.10 bits per heavy atom. The molecule has 0 saturated carbocycles. The van der Waals surface area contributed by atoms with E-state index in [9.17, 15) is 19.3 Å². The molecule has 1 N–H and O–H groups in total. The van der Waals surface area contributed by atoms with Crippen molar-refractivity contribution in [3.63, 3.8) is 0 Å². The van der Waals surface area contributed by atoms with Crippen LogP contribution < -0.4 is 5.32 Å². The van der Waals surface area contributed by atoms with Gasteiger partial charge in [0.25, 0.3) is 5.69 Å². The first kappa shape index (κ1) is 20.9. The quantitative estimate of drug-likeness (QED) is 0.577. The molecule has 2 aromatic rings. The fraction of sp³-hybridized carbons (Fsp3) is 0.476. The maximum atomic E-state index is 13.6. The lowest BCUT2D eigenvalue weighted by molar-refractivity contribution is -0.383. The maximum Gasteiger partial charge on any atom is 0.278 e. The number of non-ortho nitro benzene ring substituents is 1. The summed E-state index contributed by atoms with van der Waals surface area (Å²) < 4.78 is 13.6. The highest BCUT2D eigenvalue weighted by molar-refractivity contribution is 5.99. The number of carbonyl (C=O) groups excluding carboxylic acids is 1. The number of hydrogen-bond donors (Lipinski definition) is 1. The number of pyridine rings is 1. The number of likely N-dealkylation sites (tertiary alicyclic amines) is 2. The van der Waals surface area contributed by atoms with Crippen LogP contribution in [0.15, 0.2) is 30.6 Å². The van der Waals surface area contributed by atoms with Gasteiger partial charge >= 0.3 is 0 Å². The number of carbonyl (C=O) groups is 1. The van der Waals surface area contributed by atoms with E-state index in [1.54, 1.807) is 18.3 Å². The smallest absolute Gasteiger partial charge is 0.278 e. The molecular formula is C21H23FN6O3. The normalized spacial score (nSPS) is 22.4. The van der Waals surface area contributed by atoms with Gasteiger partial charge < -0.3 is 10.2 Å². The fourth-order valence-corrected chi connectivity index (χ4v) is 4.38. The van der Waals surface area contributed by atoms with Gasteiger partial charge in [-0.2, -0.15) is 5.26 Å². The number of halogens is 1. The number of fused-ring (bicyclic) bond motifs is 1. The van der Waals surface area contributed by atoms with Crippen molar-refractivity contribution >= 4 is 28.1 Å². The lowest BCUT2D eigenvalue weighted by Gasteiger charge is -2.33. The van der Waals surface area contributed by atoms with Crippen LogP contribution in [0.4, 0.5) is 15.8 Å². The minimum absolute atomic E-state index is 0.00282. The Hall–Kier alpha value is -3.32. The van der Waals surface area contributed by atoms with Gasteiger partial charge in [0.2, 0.25) is 5.91 Å². The number of nitriles is 1. The van der Waals surface area contributed by atoms with Gasteiger partial charge in [-0.1, -0.05) is 0 Å². The Morgan fingerprint density at radius 1 is 1.32 bits per heavy atom. The number of nitrogens with one attached hydrogen (secondary N) is 1. The molecule has 0 unspecified atom stereocenters. The molecule has 0 radical (unpaired) electrons. The van der Waals surface area contributed by atoms with Gasteiger partial charge in [-0.25, -0.2) is 4.39 Å². The highest BCUT2D eigenvalue weighted by atomic mass is 19.1. The monoisotopic (exact) mass is 426 g/mol. The predicted molar refractivity (Wildman–Crippen MR) is 112 cm³/mol. The second-order valence-electron chi connectivity index (χ2n) is 8.03. The Kier molecular flexibility index (Phi) is 5.95. The van der Waals surface area contributed by atoms with Crippen LogP contribution in [0.3, 0.4) is 0 Å². The number of nitrogens with zero attached hydrogens (tertiary/aromatic N) is 5. The largest absolute Gasteiger partial charge is 0.382 e. The molecule has 2 fully saturated rings. The van der Waals surface area contributed by atoms with Crippen LogP contribution in [0.1, 0.15) is 19.3 Å². The van der Waals surface area contributed by atoms with Crippen LogP contribution in [-0.2, 0) is 4.79 Å². The molecule has 9 nitrogen and oxygen atoms in total. The summed E-state index contributed by atoms with van der Waals surface area (Å²) in [5, 5.41) is 25.1. The summed E-state index contributed by atoms with van der Waals surface area (Å²) in [4.78, 5) is 30.8. The molecular weight excluding hydrogens is 403 g/mol.